The number of aromatic nitrogens is 1. The summed E-state index contributed by atoms with van der Waals surface area (Å²) in [5.41, 5.74) is 11.0. The molecule has 6 heteroatoms. The molecule has 27 heavy (non-hydrogen) atoms. The number of pyridine rings is 1. The SMILES string of the molecule is Cc1cc(C(C)(C)C)ccc1-c1cc(=O)c(CNC(=O)[C@H](C)N)c(C)[nH]1.Cl. The lowest BCUT2D eigenvalue weighted by atomic mass is 9.85. The number of hydrogen-bond acceptors (Lipinski definition) is 3. The summed E-state index contributed by atoms with van der Waals surface area (Å²) in [6.07, 6.45) is 0. The molecule has 0 aliphatic rings. The lowest BCUT2D eigenvalue weighted by Crippen LogP contribution is -2.38. The van der Waals surface area contributed by atoms with Crippen LogP contribution in [0.1, 0.15) is 50.1 Å². The van der Waals surface area contributed by atoms with Gasteiger partial charge in [0.25, 0.3) is 0 Å². The first-order valence-corrected chi connectivity index (χ1v) is 8.88. The van der Waals surface area contributed by atoms with Crippen LogP contribution in [0.15, 0.2) is 29.1 Å². The molecule has 2 rings (SSSR count). The van der Waals surface area contributed by atoms with Gasteiger partial charge in [-0.05, 0) is 37.3 Å². The third-order valence-corrected chi connectivity index (χ3v) is 4.58. The average Bonchev–Trinajstić information content (AvgIpc) is 2.52. The van der Waals surface area contributed by atoms with Crippen molar-refractivity contribution in [2.24, 2.45) is 5.73 Å². The van der Waals surface area contributed by atoms with E-state index in [-0.39, 0.29) is 35.7 Å². The maximum Gasteiger partial charge on any atom is 0.236 e. The number of nitrogens with one attached hydrogen (secondary N) is 2. The Morgan fingerprint density at radius 3 is 2.33 bits per heavy atom. The van der Waals surface area contributed by atoms with Crippen LogP contribution in [0.25, 0.3) is 11.3 Å². The van der Waals surface area contributed by atoms with Crippen molar-refractivity contribution in [2.75, 3.05) is 0 Å². The van der Waals surface area contributed by atoms with Crippen molar-refractivity contribution < 1.29 is 4.79 Å². The Labute approximate surface area is 167 Å². The molecule has 4 N–H and O–H groups in total. The van der Waals surface area contributed by atoms with Gasteiger partial charge in [-0.2, -0.15) is 0 Å². The second-order valence-corrected chi connectivity index (χ2v) is 7.94. The summed E-state index contributed by atoms with van der Waals surface area (Å²) in [6, 6.07) is 7.32. The van der Waals surface area contributed by atoms with Crippen molar-refractivity contribution in [1.82, 2.24) is 10.3 Å². The molecule has 1 heterocycles. The summed E-state index contributed by atoms with van der Waals surface area (Å²) in [7, 11) is 0. The Hall–Kier alpha value is -2.11. The van der Waals surface area contributed by atoms with Gasteiger partial charge >= 0.3 is 0 Å². The van der Waals surface area contributed by atoms with Crippen LogP contribution in [0.5, 0.6) is 0 Å². The van der Waals surface area contributed by atoms with Crippen LogP contribution in [0.3, 0.4) is 0 Å². The molecule has 2 aromatic rings. The van der Waals surface area contributed by atoms with E-state index in [1.165, 1.54) is 5.56 Å². The van der Waals surface area contributed by atoms with E-state index in [4.69, 9.17) is 5.73 Å². The average molecular weight is 392 g/mol. The van der Waals surface area contributed by atoms with Crippen LogP contribution in [0, 0.1) is 13.8 Å². The molecular formula is C21H30ClN3O2. The summed E-state index contributed by atoms with van der Waals surface area (Å²) >= 11 is 0. The zero-order valence-corrected chi connectivity index (χ0v) is 17.7. The number of aromatic amines is 1. The van der Waals surface area contributed by atoms with Gasteiger partial charge < -0.3 is 16.0 Å². The quantitative estimate of drug-likeness (QED) is 0.746. The fraction of sp³-hybridized carbons (Fsp3) is 0.429. The number of aryl methyl sites for hydroxylation is 2. The highest BCUT2D eigenvalue weighted by atomic mass is 35.5. The Balaban J connectivity index is 0.00000364. The number of hydrogen-bond donors (Lipinski definition) is 3. The second kappa shape index (κ2) is 8.72. The lowest BCUT2D eigenvalue weighted by molar-refractivity contribution is -0.122. The topological polar surface area (TPSA) is 88.0 Å². The van der Waals surface area contributed by atoms with E-state index in [0.29, 0.717) is 5.56 Å². The molecular weight excluding hydrogens is 362 g/mol. The number of carbonyl (C=O) groups excluding carboxylic acids is 1. The van der Waals surface area contributed by atoms with Crippen molar-refractivity contribution in [2.45, 2.75) is 59.5 Å². The molecule has 0 aliphatic heterocycles. The standard InChI is InChI=1S/C21H29N3O2.ClH/c1-12-9-15(21(4,5)6)7-8-16(12)18-10-19(25)17(14(3)24-18)11-23-20(26)13(2)22;/h7-10,13H,11,22H2,1-6H3,(H,23,26)(H,24,25);1H/t13-;/m0./s1. The minimum absolute atomic E-state index is 0. The highest BCUT2D eigenvalue weighted by Crippen LogP contribution is 2.28. The van der Waals surface area contributed by atoms with Gasteiger partial charge in [-0.3, -0.25) is 9.59 Å². The fourth-order valence-corrected chi connectivity index (χ4v) is 2.85. The van der Waals surface area contributed by atoms with E-state index in [2.05, 4.69) is 56.2 Å². The Bertz CT molecular complexity index is 880. The minimum Gasteiger partial charge on any atom is -0.358 e. The predicted molar refractivity (Wildman–Crippen MR) is 113 cm³/mol. The molecule has 0 radical (unpaired) electrons. The van der Waals surface area contributed by atoms with Gasteiger partial charge in [0, 0.05) is 35.1 Å². The van der Waals surface area contributed by atoms with Crippen molar-refractivity contribution in [3.63, 3.8) is 0 Å². The molecule has 0 spiro atoms. The van der Waals surface area contributed by atoms with Gasteiger partial charge in [0.15, 0.2) is 5.43 Å². The molecule has 0 bridgehead atoms. The van der Waals surface area contributed by atoms with Crippen molar-refractivity contribution in [3.05, 3.63) is 56.9 Å². The number of halogens is 1. The molecule has 148 valence electrons. The Kier molecular flexibility index (Phi) is 7.40. The zero-order valence-electron chi connectivity index (χ0n) is 16.9. The Morgan fingerprint density at radius 1 is 1.22 bits per heavy atom. The van der Waals surface area contributed by atoms with Gasteiger partial charge in [-0.1, -0.05) is 39.0 Å². The number of carbonyl (C=O) groups is 1. The smallest absolute Gasteiger partial charge is 0.236 e. The zero-order chi connectivity index (χ0) is 19.6. The highest BCUT2D eigenvalue weighted by Gasteiger charge is 2.16. The largest absolute Gasteiger partial charge is 0.358 e. The molecule has 1 aromatic carbocycles. The number of rotatable bonds is 4. The monoisotopic (exact) mass is 391 g/mol. The molecule has 0 fully saturated rings. The molecule has 5 nitrogen and oxygen atoms in total. The van der Waals surface area contributed by atoms with Crippen LogP contribution < -0.4 is 16.5 Å². The van der Waals surface area contributed by atoms with Crippen LogP contribution in [-0.4, -0.2) is 16.9 Å². The molecule has 0 aliphatic carbocycles. The van der Waals surface area contributed by atoms with Gasteiger partial charge in [0.2, 0.25) is 5.91 Å². The van der Waals surface area contributed by atoms with Gasteiger partial charge in [-0.25, -0.2) is 0 Å². The molecule has 1 aromatic heterocycles. The van der Waals surface area contributed by atoms with E-state index in [1.807, 2.05) is 6.92 Å². The van der Waals surface area contributed by atoms with E-state index in [9.17, 15) is 9.59 Å². The van der Waals surface area contributed by atoms with E-state index >= 15 is 0 Å². The van der Waals surface area contributed by atoms with Crippen LogP contribution in [-0.2, 0) is 16.8 Å². The van der Waals surface area contributed by atoms with Crippen molar-refractivity contribution >= 4 is 18.3 Å². The molecule has 0 saturated carbocycles. The van der Waals surface area contributed by atoms with Gasteiger partial charge in [0.1, 0.15) is 0 Å². The van der Waals surface area contributed by atoms with E-state index in [0.717, 1.165) is 22.5 Å². The van der Waals surface area contributed by atoms with Crippen molar-refractivity contribution in [3.8, 4) is 11.3 Å². The Morgan fingerprint density at radius 2 is 1.85 bits per heavy atom. The number of nitrogens with two attached hydrogens (primary N) is 1. The predicted octanol–water partition coefficient (Wildman–Crippen LogP) is 3.34. The maximum absolute atomic E-state index is 12.6. The number of benzene rings is 1. The van der Waals surface area contributed by atoms with E-state index < -0.39 is 6.04 Å². The van der Waals surface area contributed by atoms with E-state index in [1.54, 1.807) is 13.0 Å². The first-order chi connectivity index (χ1) is 12.0. The van der Waals surface area contributed by atoms with Crippen molar-refractivity contribution in [1.29, 1.82) is 0 Å². The normalized spacial score (nSPS) is 12.3. The molecule has 0 unspecified atom stereocenters. The first-order valence-electron chi connectivity index (χ1n) is 8.88. The lowest BCUT2D eigenvalue weighted by Gasteiger charge is -2.21. The summed E-state index contributed by atoms with van der Waals surface area (Å²) in [6.45, 7) is 12.2. The summed E-state index contributed by atoms with van der Waals surface area (Å²) in [5, 5.41) is 2.69. The fourth-order valence-electron chi connectivity index (χ4n) is 2.85. The van der Waals surface area contributed by atoms with Crippen LogP contribution in [0.2, 0.25) is 0 Å². The third-order valence-electron chi connectivity index (χ3n) is 4.58. The summed E-state index contributed by atoms with van der Waals surface area (Å²) in [5.74, 6) is -0.276. The number of amides is 1. The molecule has 1 atom stereocenters. The summed E-state index contributed by atoms with van der Waals surface area (Å²) in [4.78, 5) is 27.5. The molecule has 1 amide bonds. The van der Waals surface area contributed by atoms with Gasteiger partial charge in [-0.15, -0.1) is 12.4 Å². The number of H-pyrrole nitrogens is 1. The first kappa shape index (κ1) is 22.9. The third kappa shape index (κ3) is 5.44. The second-order valence-electron chi connectivity index (χ2n) is 7.94. The molecule has 0 saturated heterocycles. The maximum atomic E-state index is 12.6. The van der Waals surface area contributed by atoms with Crippen LogP contribution in [0.4, 0.5) is 0 Å². The highest BCUT2D eigenvalue weighted by molar-refractivity contribution is 5.85. The van der Waals surface area contributed by atoms with Gasteiger partial charge in [0.05, 0.1) is 6.04 Å². The minimum atomic E-state index is -0.599. The summed E-state index contributed by atoms with van der Waals surface area (Å²) < 4.78 is 0. The van der Waals surface area contributed by atoms with Crippen LogP contribution >= 0.6 is 12.4 Å².